The molecule has 2 heterocycles. The van der Waals surface area contributed by atoms with Crippen molar-refractivity contribution in [1.29, 1.82) is 0 Å². The van der Waals surface area contributed by atoms with Crippen molar-refractivity contribution in [1.82, 2.24) is 9.88 Å². The fraction of sp³-hybridized carbons (Fsp3) is 0.625. The Morgan fingerprint density at radius 2 is 2.22 bits per heavy atom. The Morgan fingerprint density at radius 1 is 1.48 bits per heavy atom. The lowest BCUT2D eigenvalue weighted by Crippen LogP contribution is -2.48. The summed E-state index contributed by atoms with van der Waals surface area (Å²) in [5, 5.41) is 0. The molecule has 128 valence electrons. The van der Waals surface area contributed by atoms with E-state index >= 15 is 0 Å². The SMILES string of the molecule is COc1ccc([C@H](Br)C2CN(C(=O)OC(C)(C)C)CCO2)cn1. The molecule has 0 spiro atoms. The lowest BCUT2D eigenvalue weighted by Gasteiger charge is -2.36. The second kappa shape index (κ2) is 7.49. The second-order valence-electron chi connectivity index (χ2n) is 6.37. The van der Waals surface area contributed by atoms with Crippen LogP contribution in [-0.4, -0.2) is 54.5 Å². The molecule has 7 heteroatoms. The Labute approximate surface area is 145 Å². The van der Waals surface area contributed by atoms with Crippen molar-refractivity contribution in [2.24, 2.45) is 0 Å². The number of aromatic nitrogens is 1. The zero-order chi connectivity index (χ0) is 17.0. The Morgan fingerprint density at radius 3 is 2.78 bits per heavy atom. The molecule has 0 radical (unpaired) electrons. The second-order valence-corrected chi connectivity index (χ2v) is 7.36. The summed E-state index contributed by atoms with van der Waals surface area (Å²) in [7, 11) is 1.58. The van der Waals surface area contributed by atoms with Gasteiger partial charge >= 0.3 is 6.09 Å². The molecule has 0 aromatic carbocycles. The summed E-state index contributed by atoms with van der Waals surface area (Å²) < 4.78 is 16.3. The Balaban J connectivity index is 2.00. The molecule has 0 saturated carbocycles. The van der Waals surface area contributed by atoms with E-state index < -0.39 is 5.60 Å². The first-order valence-electron chi connectivity index (χ1n) is 7.53. The molecule has 1 aliphatic rings. The molecule has 1 aromatic rings. The van der Waals surface area contributed by atoms with Gasteiger partial charge in [0, 0.05) is 18.8 Å². The minimum Gasteiger partial charge on any atom is -0.481 e. The van der Waals surface area contributed by atoms with Crippen molar-refractivity contribution < 1.29 is 19.0 Å². The molecular formula is C16H23BrN2O4. The van der Waals surface area contributed by atoms with E-state index in [4.69, 9.17) is 14.2 Å². The highest BCUT2D eigenvalue weighted by Crippen LogP contribution is 2.31. The average Bonchev–Trinajstić information content (AvgIpc) is 2.53. The predicted molar refractivity (Wildman–Crippen MR) is 90.0 cm³/mol. The van der Waals surface area contributed by atoms with Crippen LogP contribution in [0.1, 0.15) is 31.2 Å². The van der Waals surface area contributed by atoms with Gasteiger partial charge in [0.1, 0.15) is 5.60 Å². The summed E-state index contributed by atoms with van der Waals surface area (Å²) in [5.74, 6) is 0.563. The number of morpholine rings is 1. The topological polar surface area (TPSA) is 60.9 Å². The van der Waals surface area contributed by atoms with Crippen molar-refractivity contribution in [3.8, 4) is 5.88 Å². The van der Waals surface area contributed by atoms with Crippen LogP contribution in [0.4, 0.5) is 4.79 Å². The minimum atomic E-state index is -0.501. The average molecular weight is 387 g/mol. The molecule has 1 saturated heterocycles. The van der Waals surface area contributed by atoms with E-state index in [1.807, 2.05) is 26.8 Å². The molecule has 0 bridgehead atoms. The van der Waals surface area contributed by atoms with Crippen LogP contribution in [0.15, 0.2) is 18.3 Å². The molecule has 1 fully saturated rings. The number of hydrogen-bond donors (Lipinski definition) is 0. The fourth-order valence-corrected chi connectivity index (χ4v) is 2.83. The molecule has 0 aliphatic carbocycles. The third-order valence-electron chi connectivity index (χ3n) is 3.36. The lowest BCUT2D eigenvalue weighted by atomic mass is 10.1. The molecule has 1 amide bonds. The van der Waals surface area contributed by atoms with Crippen LogP contribution in [0.3, 0.4) is 0 Å². The summed E-state index contributed by atoms with van der Waals surface area (Å²) in [4.78, 5) is 18.0. The van der Waals surface area contributed by atoms with Gasteiger partial charge in [-0.15, -0.1) is 0 Å². The summed E-state index contributed by atoms with van der Waals surface area (Å²) in [6.45, 7) is 7.07. The Hall–Kier alpha value is -1.34. The first-order valence-corrected chi connectivity index (χ1v) is 8.45. The van der Waals surface area contributed by atoms with Crippen LogP contribution in [-0.2, 0) is 9.47 Å². The van der Waals surface area contributed by atoms with Gasteiger partial charge in [-0.1, -0.05) is 22.0 Å². The molecular weight excluding hydrogens is 364 g/mol. The highest BCUT2D eigenvalue weighted by molar-refractivity contribution is 9.09. The van der Waals surface area contributed by atoms with Crippen molar-refractivity contribution >= 4 is 22.0 Å². The van der Waals surface area contributed by atoms with E-state index in [0.29, 0.717) is 25.6 Å². The number of ether oxygens (including phenoxy) is 3. The third-order valence-corrected chi connectivity index (χ3v) is 4.48. The summed E-state index contributed by atoms with van der Waals surface area (Å²) in [5.41, 5.74) is 0.473. The Kier molecular flexibility index (Phi) is 5.86. The quantitative estimate of drug-likeness (QED) is 0.746. The van der Waals surface area contributed by atoms with Gasteiger partial charge in [-0.3, -0.25) is 0 Å². The van der Waals surface area contributed by atoms with E-state index in [-0.39, 0.29) is 17.0 Å². The first kappa shape index (κ1) is 18.0. The van der Waals surface area contributed by atoms with E-state index in [9.17, 15) is 4.79 Å². The number of rotatable bonds is 3. The van der Waals surface area contributed by atoms with E-state index in [1.165, 1.54) is 0 Å². The largest absolute Gasteiger partial charge is 0.481 e. The van der Waals surface area contributed by atoms with Gasteiger partial charge in [-0.2, -0.15) is 0 Å². The van der Waals surface area contributed by atoms with Gasteiger partial charge in [-0.25, -0.2) is 9.78 Å². The molecule has 23 heavy (non-hydrogen) atoms. The van der Waals surface area contributed by atoms with Crippen molar-refractivity contribution in [2.75, 3.05) is 26.8 Å². The molecule has 2 atom stereocenters. The van der Waals surface area contributed by atoms with E-state index in [2.05, 4.69) is 20.9 Å². The summed E-state index contributed by atoms with van der Waals surface area (Å²) in [6, 6.07) is 3.74. The number of carbonyl (C=O) groups is 1. The maximum Gasteiger partial charge on any atom is 0.410 e. The normalized spacial score (nSPS) is 20.0. The van der Waals surface area contributed by atoms with Crippen LogP contribution in [0.5, 0.6) is 5.88 Å². The van der Waals surface area contributed by atoms with Crippen molar-refractivity contribution in [3.63, 3.8) is 0 Å². The minimum absolute atomic E-state index is 0.0638. The number of halogens is 1. The third kappa shape index (κ3) is 5.07. The zero-order valence-corrected chi connectivity index (χ0v) is 15.5. The summed E-state index contributed by atoms with van der Waals surface area (Å²) in [6.07, 6.45) is 1.28. The molecule has 2 rings (SSSR count). The van der Waals surface area contributed by atoms with Gasteiger partial charge < -0.3 is 19.1 Å². The van der Waals surface area contributed by atoms with Crippen LogP contribution < -0.4 is 4.74 Å². The number of alkyl halides is 1. The van der Waals surface area contributed by atoms with Crippen molar-refractivity contribution in [3.05, 3.63) is 23.9 Å². The number of nitrogens with zero attached hydrogens (tertiary/aromatic N) is 2. The lowest BCUT2D eigenvalue weighted by molar-refractivity contribution is -0.0419. The molecule has 0 N–H and O–H groups in total. The van der Waals surface area contributed by atoms with E-state index in [1.54, 1.807) is 24.3 Å². The van der Waals surface area contributed by atoms with Gasteiger partial charge in [0.25, 0.3) is 0 Å². The van der Waals surface area contributed by atoms with Crippen molar-refractivity contribution in [2.45, 2.75) is 37.3 Å². The summed E-state index contributed by atoms with van der Waals surface area (Å²) >= 11 is 3.65. The molecule has 6 nitrogen and oxygen atoms in total. The highest BCUT2D eigenvalue weighted by Gasteiger charge is 2.32. The van der Waals surface area contributed by atoms with Crippen LogP contribution in [0.25, 0.3) is 0 Å². The maximum absolute atomic E-state index is 12.2. The monoisotopic (exact) mass is 386 g/mol. The molecule has 1 aliphatic heterocycles. The molecule has 1 unspecified atom stereocenters. The van der Waals surface area contributed by atoms with Gasteiger partial charge in [0.2, 0.25) is 5.88 Å². The highest BCUT2D eigenvalue weighted by atomic mass is 79.9. The van der Waals surface area contributed by atoms with Gasteiger partial charge in [-0.05, 0) is 26.3 Å². The maximum atomic E-state index is 12.2. The smallest absolute Gasteiger partial charge is 0.410 e. The number of methoxy groups -OCH3 is 1. The van der Waals surface area contributed by atoms with Crippen LogP contribution >= 0.6 is 15.9 Å². The van der Waals surface area contributed by atoms with E-state index in [0.717, 1.165) is 5.56 Å². The van der Waals surface area contributed by atoms with Crippen LogP contribution in [0, 0.1) is 0 Å². The number of carbonyl (C=O) groups excluding carboxylic acids is 1. The number of pyridine rings is 1. The van der Waals surface area contributed by atoms with Gasteiger partial charge in [0.15, 0.2) is 0 Å². The number of hydrogen-bond acceptors (Lipinski definition) is 5. The number of amides is 1. The standard InChI is InChI=1S/C16H23BrN2O4/c1-16(2,3)23-15(20)19-7-8-22-12(10-19)14(17)11-5-6-13(21-4)18-9-11/h5-6,9,12,14H,7-8,10H2,1-4H3/t12?,14-/m0/s1. The zero-order valence-electron chi connectivity index (χ0n) is 13.9. The Bertz CT molecular complexity index is 530. The molecule has 1 aromatic heterocycles. The van der Waals surface area contributed by atoms with Gasteiger partial charge in [0.05, 0.1) is 31.2 Å². The fourth-order valence-electron chi connectivity index (χ4n) is 2.24. The predicted octanol–water partition coefficient (Wildman–Crippen LogP) is 3.16. The van der Waals surface area contributed by atoms with Crippen LogP contribution in [0.2, 0.25) is 0 Å². The first-order chi connectivity index (χ1) is 10.8.